The van der Waals surface area contributed by atoms with E-state index in [2.05, 4.69) is 5.32 Å². The van der Waals surface area contributed by atoms with Crippen LogP contribution in [-0.2, 0) is 0 Å². The van der Waals surface area contributed by atoms with Crippen molar-refractivity contribution in [3.05, 3.63) is 0 Å². The zero-order chi connectivity index (χ0) is 10.5. The summed E-state index contributed by atoms with van der Waals surface area (Å²) in [7, 11) is 0. The van der Waals surface area contributed by atoms with Crippen LogP contribution in [0.15, 0.2) is 0 Å². The molecule has 0 aliphatic rings. The van der Waals surface area contributed by atoms with E-state index in [0.717, 1.165) is 0 Å². The van der Waals surface area contributed by atoms with Crippen LogP contribution in [0, 0.1) is 5.92 Å². The van der Waals surface area contributed by atoms with E-state index in [0.29, 0.717) is 6.54 Å². The van der Waals surface area contributed by atoms with Crippen LogP contribution in [0.25, 0.3) is 0 Å². The fourth-order valence-corrected chi connectivity index (χ4v) is 0.991. The third kappa shape index (κ3) is 6.83. The van der Waals surface area contributed by atoms with Crippen molar-refractivity contribution < 1.29 is 13.2 Å². The lowest BCUT2D eigenvalue weighted by atomic mass is 10.0. The molecule has 0 radical (unpaired) electrons. The lowest BCUT2D eigenvalue weighted by molar-refractivity contribution is -0.133. The third-order valence-corrected chi connectivity index (χ3v) is 1.87. The van der Waals surface area contributed by atoms with Crippen molar-refractivity contribution in [2.75, 3.05) is 13.1 Å². The topological polar surface area (TPSA) is 38.0 Å². The number of nitrogens with two attached hydrogens (primary N) is 1. The molecule has 0 rings (SSSR count). The number of hydrogen-bond donors (Lipinski definition) is 2. The maximum absolute atomic E-state index is 11.7. The Hall–Kier alpha value is -0.290. The molecule has 0 aromatic rings. The highest BCUT2D eigenvalue weighted by Crippen LogP contribution is 2.18. The molecule has 0 saturated heterocycles. The van der Waals surface area contributed by atoms with Crippen molar-refractivity contribution in [2.45, 2.75) is 32.5 Å². The minimum absolute atomic E-state index is 0.0256. The Morgan fingerprint density at radius 2 is 1.85 bits per heavy atom. The highest BCUT2D eigenvalue weighted by Gasteiger charge is 2.26. The lowest BCUT2D eigenvalue weighted by Crippen LogP contribution is -2.41. The van der Waals surface area contributed by atoms with Crippen molar-refractivity contribution in [1.82, 2.24) is 5.32 Å². The number of alkyl halides is 3. The predicted molar refractivity (Wildman–Crippen MR) is 46.4 cm³/mol. The zero-order valence-corrected chi connectivity index (χ0v) is 7.99. The first kappa shape index (κ1) is 12.7. The lowest BCUT2D eigenvalue weighted by Gasteiger charge is -2.20. The summed E-state index contributed by atoms with van der Waals surface area (Å²) >= 11 is 0. The van der Waals surface area contributed by atoms with Gasteiger partial charge in [-0.25, -0.2) is 0 Å². The molecule has 0 aliphatic heterocycles. The number of hydrogen-bond acceptors (Lipinski definition) is 2. The minimum Gasteiger partial charge on any atom is -0.329 e. The van der Waals surface area contributed by atoms with E-state index in [-0.39, 0.29) is 18.5 Å². The molecule has 3 N–H and O–H groups in total. The van der Waals surface area contributed by atoms with Crippen LogP contribution in [-0.4, -0.2) is 25.3 Å². The predicted octanol–water partition coefficient (Wildman–Crippen LogP) is 1.51. The molecule has 0 spiro atoms. The van der Waals surface area contributed by atoms with Crippen molar-refractivity contribution in [1.29, 1.82) is 0 Å². The fourth-order valence-electron chi connectivity index (χ4n) is 0.991. The van der Waals surface area contributed by atoms with Gasteiger partial charge >= 0.3 is 6.18 Å². The van der Waals surface area contributed by atoms with Crippen molar-refractivity contribution in [3.8, 4) is 0 Å². The van der Waals surface area contributed by atoms with Crippen molar-refractivity contribution >= 4 is 0 Å². The van der Waals surface area contributed by atoms with Crippen LogP contribution < -0.4 is 11.1 Å². The van der Waals surface area contributed by atoms with Gasteiger partial charge in [0.15, 0.2) is 0 Å². The average Bonchev–Trinajstić information content (AvgIpc) is 1.95. The van der Waals surface area contributed by atoms with E-state index in [9.17, 15) is 13.2 Å². The molecule has 0 bridgehead atoms. The van der Waals surface area contributed by atoms with Crippen molar-refractivity contribution in [3.63, 3.8) is 0 Å². The Labute approximate surface area is 76.7 Å². The van der Waals surface area contributed by atoms with Gasteiger partial charge in [0.1, 0.15) is 0 Å². The van der Waals surface area contributed by atoms with Gasteiger partial charge < -0.3 is 11.1 Å². The molecule has 0 amide bonds. The van der Waals surface area contributed by atoms with Gasteiger partial charge in [0.2, 0.25) is 0 Å². The Morgan fingerprint density at radius 3 is 2.15 bits per heavy atom. The van der Waals surface area contributed by atoms with Crippen LogP contribution >= 0.6 is 0 Å². The Morgan fingerprint density at radius 1 is 1.31 bits per heavy atom. The molecule has 0 aromatic heterocycles. The van der Waals surface area contributed by atoms with Gasteiger partial charge in [0.25, 0.3) is 0 Å². The van der Waals surface area contributed by atoms with Crippen molar-refractivity contribution in [2.24, 2.45) is 11.7 Å². The highest BCUT2D eigenvalue weighted by molar-refractivity contribution is 4.71. The highest BCUT2D eigenvalue weighted by atomic mass is 19.4. The monoisotopic (exact) mass is 198 g/mol. The van der Waals surface area contributed by atoms with Gasteiger partial charge in [-0.3, -0.25) is 0 Å². The quantitative estimate of drug-likeness (QED) is 0.702. The molecule has 0 aliphatic carbocycles. The molecule has 2 nitrogen and oxygen atoms in total. The van der Waals surface area contributed by atoms with Crippen LogP contribution in [0.5, 0.6) is 0 Å². The number of halogens is 3. The summed E-state index contributed by atoms with van der Waals surface area (Å²) < 4.78 is 35.2. The third-order valence-electron chi connectivity index (χ3n) is 1.87. The number of nitrogens with one attached hydrogen (secondary N) is 1. The molecule has 0 aromatic carbocycles. The van der Waals surface area contributed by atoms with Gasteiger partial charge in [0, 0.05) is 19.1 Å². The number of rotatable bonds is 5. The summed E-state index contributed by atoms with van der Waals surface area (Å²) in [4.78, 5) is 0. The van der Waals surface area contributed by atoms with Gasteiger partial charge in [-0.15, -0.1) is 0 Å². The minimum atomic E-state index is -4.08. The van der Waals surface area contributed by atoms with Gasteiger partial charge in [-0.05, 0) is 5.92 Å². The molecule has 0 heterocycles. The van der Waals surface area contributed by atoms with Crippen LogP contribution in [0.3, 0.4) is 0 Å². The van der Waals surface area contributed by atoms with E-state index in [1.165, 1.54) is 0 Å². The summed E-state index contributed by atoms with van der Waals surface area (Å²) in [5, 5.41) is 2.78. The molecule has 80 valence electrons. The summed E-state index contributed by atoms with van der Waals surface area (Å²) in [5.41, 5.74) is 5.38. The first-order valence-corrected chi connectivity index (χ1v) is 4.37. The van der Waals surface area contributed by atoms with E-state index < -0.39 is 12.6 Å². The van der Waals surface area contributed by atoms with Crippen LogP contribution in [0.4, 0.5) is 13.2 Å². The molecule has 1 atom stereocenters. The molecule has 13 heavy (non-hydrogen) atoms. The molecule has 5 heteroatoms. The summed E-state index contributed by atoms with van der Waals surface area (Å²) in [6.07, 6.45) is -4.88. The molecular formula is C8H17F3N2. The van der Waals surface area contributed by atoms with Gasteiger partial charge in [-0.1, -0.05) is 13.8 Å². The largest absolute Gasteiger partial charge is 0.390 e. The second-order valence-electron chi connectivity index (χ2n) is 3.41. The van der Waals surface area contributed by atoms with E-state index in [1.54, 1.807) is 0 Å². The maximum Gasteiger partial charge on any atom is 0.390 e. The normalized spacial score (nSPS) is 15.0. The zero-order valence-electron chi connectivity index (χ0n) is 7.99. The second-order valence-corrected chi connectivity index (χ2v) is 3.41. The first-order chi connectivity index (χ1) is 5.87. The molecule has 1 unspecified atom stereocenters. The maximum atomic E-state index is 11.7. The van der Waals surface area contributed by atoms with Gasteiger partial charge in [-0.2, -0.15) is 13.2 Å². The summed E-state index contributed by atoms with van der Waals surface area (Å²) in [6, 6.07) is -0.0256. The van der Waals surface area contributed by atoms with E-state index in [1.807, 2.05) is 13.8 Å². The molecular weight excluding hydrogens is 181 g/mol. The first-order valence-electron chi connectivity index (χ1n) is 4.37. The Bertz CT molecular complexity index is 134. The Kier molecular flexibility index (Phi) is 5.32. The standard InChI is InChI=1S/C8H17F3N2/c1-6(2)7(5-12)13-4-3-8(9,10)11/h6-7,13H,3-5,12H2,1-2H3. The Balaban J connectivity index is 3.62. The van der Waals surface area contributed by atoms with Crippen LogP contribution in [0.1, 0.15) is 20.3 Å². The average molecular weight is 198 g/mol. The second kappa shape index (κ2) is 5.44. The van der Waals surface area contributed by atoms with E-state index >= 15 is 0 Å². The molecule has 0 fully saturated rings. The van der Waals surface area contributed by atoms with Gasteiger partial charge in [0.05, 0.1) is 6.42 Å². The smallest absolute Gasteiger partial charge is 0.329 e. The molecule has 0 saturated carbocycles. The van der Waals surface area contributed by atoms with Crippen LogP contribution in [0.2, 0.25) is 0 Å². The summed E-state index contributed by atoms with van der Waals surface area (Å²) in [6.45, 7) is 4.18. The van der Waals surface area contributed by atoms with E-state index in [4.69, 9.17) is 5.73 Å². The fraction of sp³-hybridized carbons (Fsp3) is 1.00. The summed E-state index contributed by atoms with van der Waals surface area (Å²) in [5.74, 6) is 0.262. The SMILES string of the molecule is CC(C)C(CN)NCCC(F)(F)F.